The van der Waals surface area contributed by atoms with E-state index in [1.54, 1.807) is 7.11 Å². The Bertz CT molecular complexity index is 564. The van der Waals surface area contributed by atoms with Gasteiger partial charge in [0.15, 0.2) is 5.78 Å². The van der Waals surface area contributed by atoms with Crippen molar-refractivity contribution in [3.8, 4) is 12.3 Å². The Morgan fingerprint density at radius 2 is 2.05 bits per heavy atom. The second-order valence-corrected chi connectivity index (χ2v) is 6.56. The summed E-state index contributed by atoms with van der Waals surface area (Å²) in [4.78, 5) is 24.3. The molecule has 0 saturated heterocycles. The third-order valence-corrected chi connectivity index (χ3v) is 5.33. The Labute approximate surface area is 125 Å². The predicted octanol–water partition coefficient (Wildman–Crippen LogP) is 2.27. The lowest BCUT2D eigenvalue weighted by molar-refractivity contribution is -0.151. The van der Waals surface area contributed by atoms with Crippen molar-refractivity contribution in [2.45, 2.75) is 52.2 Å². The molecule has 0 bridgehead atoms. The summed E-state index contributed by atoms with van der Waals surface area (Å²) in [6.07, 6.45) is 5.28. The van der Waals surface area contributed by atoms with E-state index in [0.29, 0.717) is 12.0 Å². The molecule has 2 aliphatic rings. The number of ether oxygens (including phenoxy) is 2. The van der Waals surface area contributed by atoms with Crippen LogP contribution in [-0.2, 0) is 19.1 Å². The molecule has 2 aliphatic carbocycles. The molecule has 0 aliphatic heterocycles. The number of carbonyl (C=O) groups is 2. The van der Waals surface area contributed by atoms with E-state index in [2.05, 4.69) is 5.92 Å². The largest absolute Gasteiger partial charge is 0.457 e. The van der Waals surface area contributed by atoms with E-state index in [-0.39, 0.29) is 29.5 Å². The Morgan fingerprint density at radius 1 is 1.43 bits per heavy atom. The second-order valence-electron chi connectivity index (χ2n) is 6.56. The molecule has 0 aromatic heterocycles. The lowest BCUT2D eigenvalue weighted by Gasteiger charge is -2.14. The van der Waals surface area contributed by atoms with Crippen molar-refractivity contribution in [2.75, 3.05) is 7.11 Å². The van der Waals surface area contributed by atoms with Gasteiger partial charge in [-0.05, 0) is 19.4 Å². The van der Waals surface area contributed by atoms with Crippen molar-refractivity contribution >= 4 is 11.8 Å². The van der Waals surface area contributed by atoms with E-state index in [4.69, 9.17) is 15.9 Å². The number of allylic oxidation sites excluding steroid dienone is 1. The lowest BCUT2D eigenvalue weighted by Crippen LogP contribution is -2.23. The first-order chi connectivity index (χ1) is 9.70. The molecule has 4 heteroatoms. The van der Waals surface area contributed by atoms with Gasteiger partial charge in [0.1, 0.15) is 6.10 Å². The van der Waals surface area contributed by atoms with Gasteiger partial charge in [-0.1, -0.05) is 13.8 Å². The standard InChI is InChI=1S/C17H22O4/c1-7-8-11-10(2)13(9-12(11)18)21-15(19)14-16(3,4)17(14,5)20-6/h1,13-14H,8-9H2,2-6H3. The number of carbonyl (C=O) groups excluding carboxylic acids is 2. The maximum atomic E-state index is 12.4. The number of methoxy groups -OCH3 is 1. The second kappa shape index (κ2) is 4.99. The molecule has 0 amide bonds. The summed E-state index contributed by atoms with van der Waals surface area (Å²) in [6, 6.07) is 0. The van der Waals surface area contributed by atoms with Crippen LogP contribution in [0.5, 0.6) is 0 Å². The SMILES string of the molecule is C#CCC1=C(C)C(OC(=O)C2C(C)(C)C2(C)OC)CC1=O. The fourth-order valence-electron chi connectivity index (χ4n) is 3.38. The number of Topliss-reactive ketones (excluding diaryl/α,β-unsaturated/α-hetero) is 1. The fourth-order valence-corrected chi connectivity index (χ4v) is 3.38. The van der Waals surface area contributed by atoms with Crippen LogP contribution in [-0.4, -0.2) is 30.6 Å². The van der Waals surface area contributed by atoms with Gasteiger partial charge in [-0.25, -0.2) is 0 Å². The number of esters is 1. The summed E-state index contributed by atoms with van der Waals surface area (Å²) in [5.74, 6) is 1.84. The molecule has 0 N–H and O–H groups in total. The number of hydrogen-bond acceptors (Lipinski definition) is 4. The third kappa shape index (κ3) is 2.20. The monoisotopic (exact) mass is 290 g/mol. The number of hydrogen-bond donors (Lipinski definition) is 0. The Balaban J connectivity index is 2.10. The maximum Gasteiger partial charge on any atom is 0.313 e. The van der Waals surface area contributed by atoms with Crippen molar-refractivity contribution in [3.63, 3.8) is 0 Å². The van der Waals surface area contributed by atoms with E-state index in [1.165, 1.54) is 0 Å². The van der Waals surface area contributed by atoms with Crippen LogP contribution in [0.15, 0.2) is 11.1 Å². The molecule has 1 saturated carbocycles. The molecule has 3 unspecified atom stereocenters. The lowest BCUT2D eigenvalue weighted by atomic mass is 10.1. The van der Waals surface area contributed by atoms with Crippen molar-refractivity contribution in [2.24, 2.45) is 11.3 Å². The topological polar surface area (TPSA) is 52.6 Å². The minimum atomic E-state index is -0.508. The van der Waals surface area contributed by atoms with Crippen molar-refractivity contribution in [1.82, 2.24) is 0 Å². The minimum absolute atomic E-state index is 0.0205. The minimum Gasteiger partial charge on any atom is -0.457 e. The Kier molecular flexibility index (Phi) is 3.75. The smallest absolute Gasteiger partial charge is 0.313 e. The zero-order chi connectivity index (χ0) is 16.0. The van der Waals surface area contributed by atoms with Crippen LogP contribution >= 0.6 is 0 Å². The van der Waals surface area contributed by atoms with Gasteiger partial charge in [-0.15, -0.1) is 12.3 Å². The average Bonchev–Trinajstić information content (AvgIpc) is 2.74. The van der Waals surface area contributed by atoms with E-state index < -0.39 is 11.7 Å². The summed E-state index contributed by atoms with van der Waals surface area (Å²) in [6.45, 7) is 7.68. The summed E-state index contributed by atoms with van der Waals surface area (Å²) in [5, 5.41) is 0. The van der Waals surface area contributed by atoms with Crippen LogP contribution in [0.25, 0.3) is 0 Å². The molecule has 3 atom stereocenters. The summed E-state index contributed by atoms with van der Waals surface area (Å²) in [5.41, 5.74) is 0.621. The normalized spacial score (nSPS) is 33.8. The van der Waals surface area contributed by atoms with Gasteiger partial charge >= 0.3 is 5.97 Å². The zero-order valence-electron chi connectivity index (χ0n) is 13.3. The zero-order valence-corrected chi connectivity index (χ0v) is 13.3. The third-order valence-electron chi connectivity index (χ3n) is 5.33. The first kappa shape index (κ1) is 15.8. The first-order valence-corrected chi connectivity index (χ1v) is 7.12. The number of ketones is 1. The summed E-state index contributed by atoms with van der Waals surface area (Å²) < 4.78 is 11.0. The molecule has 1 fully saturated rings. The van der Waals surface area contributed by atoms with Gasteiger partial charge in [0, 0.05) is 24.5 Å². The number of terminal acetylenes is 1. The molecule has 0 aromatic rings. The van der Waals surface area contributed by atoms with Crippen molar-refractivity contribution in [3.05, 3.63) is 11.1 Å². The first-order valence-electron chi connectivity index (χ1n) is 7.12. The van der Waals surface area contributed by atoms with Gasteiger partial charge < -0.3 is 9.47 Å². The van der Waals surface area contributed by atoms with Crippen LogP contribution in [0.3, 0.4) is 0 Å². The van der Waals surface area contributed by atoms with Gasteiger partial charge in [0.25, 0.3) is 0 Å². The van der Waals surface area contributed by atoms with E-state index in [1.807, 2.05) is 27.7 Å². The average molecular weight is 290 g/mol. The van der Waals surface area contributed by atoms with Crippen LogP contribution < -0.4 is 0 Å². The quantitative estimate of drug-likeness (QED) is 0.589. The molecule has 0 spiro atoms. The van der Waals surface area contributed by atoms with E-state index in [9.17, 15) is 9.59 Å². The Morgan fingerprint density at radius 3 is 2.52 bits per heavy atom. The Hall–Kier alpha value is -1.60. The molecule has 114 valence electrons. The summed E-state index contributed by atoms with van der Waals surface area (Å²) >= 11 is 0. The highest BCUT2D eigenvalue weighted by Crippen LogP contribution is 2.64. The summed E-state index contributed by atoms with van der Waals surface area (Å²) in [7, 11) is 1.60. The maximum absolute atomic E-state index is 12.4. The molecule has 2 rings (SSSR count). The highest BCUT2D eigenvalue weighted by atomic mass is 16.6. The highest BCUT2D eigenvalue weighted by Gasteiger charge is 2.73. The van der Waals surface area contributed by atoms with Crippen molar-refractivity contribution < 1.29 is 19.1 Å². The van der Waals surface area contributed by atoms with Crippen molar-refractivity contribution in [1.29, 1.82) is 0 Å². The fraction of sp³-hybridized carbons (Fsp3) is 0.647. The molecular weight excluding hydrogens is 268 g/mol. The highest BCUT2D eigenvalue weighted by molar-refractivity contribution is 6.00. The molecular formula is C17H22O4. The van der Waals surface area contributed by atoms with Crippen LogP contribution in [0.1, 0.15) is 40.5 Å². The van der Waals surface area contributed by atoms with Gasteiger partial charge in [0.05, 0.1) is 17.9 Å². The molecule has 0 radical (unpaired) electrons. The van der Waals surface area contributed by atoms with E-state index >= 15 is 0 Å². The molecule has 21 heavy (non-hydrogen) atoms. The van der Waals surface area contributed by atoms with Crippen LogP contribution in [0.4, 0.5) is 0 Å². The molecule has 0 aromatic carbocycles. The van der Waals surface area contributed by atoms with Gasteiger partial charge in [-0.3, -0.25) is 9.59 Å². The molecule has 4 nitrogen and oxygen atoms in total. The van der Waals surface area contributed by atoms with Crippen LogP contribution in [0.2, 0.25) is 0 Å². The van der Waals surface area contributed by atoms with Gasteiger partial charge in [0.2, 0.25) is 0 Å². The van der Waals surface area contributed by atoms with Gasteiger partial charge in [-0.2, -0.15) is 0 Å². The van der Waals surface area contributed by atoms with E-state index in [0.717, 1.165) is 5.57 Å². The van der Waals surface area contributed by atoms with Crippen LogP contribution in [0, 0.1) is 23.7 Å². The predicted molar refractivity (Wildman–Crippen MR) is 78.3 cm³/mol. The molecule has 0 heterocycles. The number of rotatable bonds is 4.